The molecular weight excluding hydrogens is 170 g/mol. The molecular formula is C9H15NO3. The number of rotatable bonds is 2. The van der Waals surface area contributed by atoms with Crippen LogP contribution in [0.5, 0.6) is 0 Å². The standard InChI is InChI=1S/C9H15NO3/c1-5(2)8-6(9(11)12)3-4-7(8)10-13/h5-6,8,13H,3-4H2,1-2H3,(H,11,12)/b10-7+. The van der Waals surface area contributed by atoms with Gasteiger partial charge in [0.1, 0.15) is 0 Å². The monoisotopic (exact) mass is 185 g/mol. The normalized spacial score (nSPS) is 31.5. The highest BCUT2D eigenvalue weighted by Gasteiger charge is 2.39. The smallest absolute Gasteiger partial charge is 0.307 e. The summed E-state index contributed by atoms with van der Waals surface area (Å²) in [4.78, 5) is 10.8. The molecule has 0 aromatic heterocycles. The average Bonchev–Trinajstić information content (AvgIpc) is 2.46. The van der Waals surface area contributed by atoms with Crippen LogP contribution in [0.15, 0.2) is 5.16 Å². The third-order valence-corrected chi connectivity index (χ3v) is 2.69. The minimum Gasteiger partial charge on any atom is -0.481 e. The minimum atomic E-state index is -0.780. The SMILES string of the molecule is CC(C)C1/C(=N/O)CCC1C(=O)O. The fraction of sp³-hybridized carbons (Fsp3) is 0.778. The van der Waals surface area contributed by atoms with Gasteiger partial charge in [-0.1, -0.05) is 19.0 Å². The zero-order chi connectivity index (χ0) is 10.0. The number of oxime groups is 1. The van der Waals surface area contributed by atoms with E-state index in [0.29, 0.717) is 18.6 Å². The van der Waals surface area contributed by atoms with E-state index in [2.05, 4.69) is 5.16 Å². The van der Waals surface area contributed by atoms with Gasteiger partial charge in [0.25, 0.3) is 0 Å². The molecule has 0 spiro atoms. The van der Waals surface area contributed by atoms with Crippen LogP contribution in [0.1, 0.15) is 26.7 Å². The van der Waals surface area contributed by atoms with E-state index in [0.717, 1.165) is 0 Å². The molecule has 2 unspecified atom stereocenters. The molecule has 4 heteroatoms. The Hall–Kier alpha value is -1.06. The number of hydrogen-bond donors (Lipinski definition) is 2. The molecule has 0 amide bonds. The lowest BCUT2D eigenvalue weighted by Crippen LogP contribution is -2.26. The van der Waals surface area contributed by atoms with Crippen molar-refractivity contribution in [3.63, 3.8) is 0 Å². The van der Waals surface area contributed by atoms with Crippen molar-refractivity contribution in [2.45, 2.75) is 26.7 Å². The first-order valence-electron chi connectivity index (χ1n) is 4.51. The van der Waals surface area contributed by atoms with E-state index in [9.17, 15) is 4.79 Å². The molecule has 1 saturated carbocycles. The van der Waals surface area contributed by atoms with Crippen LogP contribution in [-0.2, 0) is 4.79 Å². The van der Waals surface area contributed by atoms with Crippen molar-refractivity contribution in [2.24, 2.45) is 22.9 Å². The zero-order valence-corrected chi connectivity index (χ0v) is 7.90. The van der Waals surface area contributed by atoms with Crippen molar-refractivity contribution in [3.8, 4) is 0 Å². The number of hydrogen-bond acceptors (Lipinski definition) is 3. The predicted octanol–water partition coefficient (Wildman–Crippen LogP) is 1.58. The van der Waals surface area contributed by atoms with E-state index in [1.54, 1.807) is 0 Å². The van der Waals surface area contributed by atoms with Crippen molar-refractivity contribution in [1.82, 2.24) is 0 Å². The summed E-state index contributed by atoms with van der Waals surface area (Å²) in [5.74, 6) is -1.03. The van der Waals surface area contributed by atoms with Crippen LogP contribution < -0.4 is 0 Å². The second-order valence-electron chi connectivity index (χ2n) is 3.84. The molecule has 2 atom stereocenters. The number of carbonyl (C=O) groups is 1. The first kappa shape index (κ1) is 10.0. The molecule has 0 aromatic carbocycles. The predicted molar refractivity (Wildman–Crippen MR) is 47.9 cm³/mol. The number of carboxylic acid groups (broad SMARTS) is 1. The van der Waals surface area contributed by atoms with Crippen molar-refractivity contribution >= 4 is 11.7 Å². The number of nitrogens with zero attached hydrogens (tertiary/aromatic N) is 1. The summed E-state index contributed by atoms with van der Waals surface area (Å²) >= 11 is 0. The van der Waals surface area contributed by atoms with E-state index < -0.39 is 5.97 Å². The van der Waals surface area contributed by atoms with Gasteiger partial charge in [0.15, 0.2) is 0 Å². The summed E-state index contributed by atoms with van der Waals surface area (Å²) < 4.78 is 0. The first-order chi connectivity index (χ1) is 6.07. The summed E-state index contributed by atoms with van der Waals surface area (Å²) in [5.41, 5.74) is 0.641. The van der Waals surface area contributed by atoms with Gasteiger partial charge >= 0.3 is 5.97 Å². The first-order valence-corrected chi connectivity index (χ1v) is 4.51. The summed E-state index contributed by atoms with van der Waals surface area (Å²) in [6, 6.07) is 0. The van der Waals surface area contributed by atoms with Crippen LogP contribution >= 0.6 is 0 Å². The Labute approximate surface area is 77.3 Å². The molecule has 0 radical (unpaired) electrons. The van der Waals surface area contributed by atoms with Crippen LogP contribution in [0.25, 0.3) is 0 Å². The Morgan fingerprint density at radius 2 is 2.23 bits per heavy atom. The van der Waals surface area contributed by atoms with Crippen LogP contribution in [0, 0.1) is 17.8 Å². The van der Waals surface area contributed by atoms with E-state index in [4.69, 9.17) is 10.3 Å². The summed E-state index contributed by atoms with van der Waals surface area (Å²) in [6.07, 6.45) is 1.20. The van der Waals surface area contributed by atoms with Crippen molar-refractivity contribution in [3.05, 3.63) is 0 Å². The molecule has 0 heterocycles. The third-order valence-electron chi connectivity index (χ3n) is 2.69. The Bertz CT molecular complexity index is 235. The van der Waals surface area contributed by atoms with Gasteiger partial charge in [-0.2, -0.15) is 0 Å². The highest BCUT2D eigenvalue weighted by Crippen LogP contribution is 2.35. The van der Waals surface area contributed by atoms with E-state index in [1.807, 2.05) is 13.8 Å². The third kappa shape index (κ3) is 1.82. The molecule has 1 fully saturated rings. The molecule has 0 bridgehead atoms. The quantitative estimate of drug-likeness (QED) is 0.507. The molecule has 0 saturated heterocycles. The summed E-state index contributed by atoms with van der Waals surface area (Å²) in [5, 5.41) is 20.8. The Morgan fingerprint density at radius 3 is 2.62 bits per heavy atom. The van der Waals surface area contributed by atoms with Gasteiger partial charge in [0, 0.05) is 5.92 Å². The Kier molecular flexibility index (Phi) is 2.90. The van der Waals surface area contributed by atoms with Gasteiger partial charge in [0.2, 0.25) is 0 Å². The van der Waals surface area contributed by atoms with E-state index in [1.165, 1.54) is 0 Å². The maximum Gasteiger partial charge on any atom is 0.307 e. The van der Waals surface area contributed by atoms with Crippen LogP contribution in [0.3, 0.4) is 0 Å². The minimum absolute atomic E-state index is 0.0949. The topological polar surface area (TPSA) is 69.9 Å². The molecule has 1 aliphatic rings. The number of aliphatic carboxylic acids is 1. The zero-order valence-electron chi connectivity index (χ0n) is 7.90. The van der Waals surface area contributed by atoms with Gasteiger partial charge in [0.05, 0.1) is 11.6 Å². The molecule has 1 rings (SSSR count). The molecule has 74 valence electrons. The average molecular weight is 185 g/mol. The maximum atomic E-state index is 10.8. The summed E-state index contributed by atoms with van der Waals surface area (Å²) in [7, 11) is 0. The fourth-order valence-corrected chi connectivity index (χ4v) is 2.12. The van der Waals surface area contributed by atoms with E-state index >= 15 is 0 Å². The Balaban J connectivity index is 2.85. The van der Waals surface area contributed by atoms with Gasteiger partial charge in [-0.05, 0) is 18.8 Å². The molecule has 0 aliphatic heterocycles. The molecule has 4 nitrogen and oxygen atoms in total. The van der Waals surface area contributed by atoms with E-state index in [-0.39, 0.29) is 17.8 Å². The number of carboxylic acids is 1. The fourth-order valence-electron chi connectivity index (χ4n) is 2.12. The second-order valence-corrected chi connectivity index (χ2v) is 3.84. The van der Waals surface area contributed by atoms with Crippen LogP contribution in [0.2, 0.25) is 0 Å². The second kappa shape index (κ2) is 3.77. The van der Waals surface area contributed by atoms with Gasteiger partial charge in [-0.3, -0.25) is 4.79 Å². The largest absolute Gasteiger partial charge is 0.481 e. The lowest BCUT2D eigenvalue weighted by atomic mass is 9.85. The van der Waals surface area contributed by atoms with Gasteiger partial charge in [-0.25, -0.2) is 0 Å². The van der Waals surface area contributed by atoms with Crippen molar-refractivity contribution in [2.75, 3.05) is 0 Å². The van der Waals surface area contributed by atoms with Crippen molar-refractivity contribution in [1.29, 1.82) is 0 Å². The van der Waals surface area contributed by atoms with Crippen LogP contribution in [-0.4, -0.2) is 22.0 Å². The van der Waals surface area contributed by atoms with Gasteiger partial charge in [-0.15, -0.1) is 0 Å². The van der Waals surface area contributed by atoms with Crippen molar-refractivity contribution < 1.29 is 15.1 Å². The molecule has 13 heavy (non-hydrogen) atoms. The maximum absolute atomic E-state index is 10.8. The Morgan fingerprint density at radius 1 is 1.62 bits per heavy atom. The highest BCUT2D eigenvalue weighted by molar-refractivity contribution is 5.93. The molecule has 2 N–H and O–H groups in total. The lowest BCUT2D eigenvalue weighted by Gasteiger charge is -2.19. The highest BCUT2D eigenvalue weighted by atomic mass is 16.4. The molecule has 0 aromatic rings. The van der Waals surface area contributed by atoms with Gasteiger partial charge < -0.3 is 10.3 Å². The lowest BCUT2D eigenvalue weighted by molar-refractivity contribution is -0.143. The molecule has 1 aliphatic carbocycles. The van der Waals surface area contributed by atoms with Crippen LogP contribution in [0.4, 0.5) is 0 Å². The summed E-state index contributed by atoms with van der Waals surface area (Å²) in [6.45, 7) is 3.91.